The standard InChI is InChI=1S/C21H20BrClN4O6S/c22-15-3-4-17(34-15)33-20(31)26-21(5-8-32-11-21)19(30)25-12-1-2-13(14(23)9-12)18(29)27-7-6-24-16(28)10-27/h1-4,9H,5-8,10-11H2,(H,24,28)(H,25,30)(H,26,31). The molecule has 1 atom stereocenters. The third-order valence-corrected chi connectivity index (χ3v) is 7.14. The molecule has 180 valence electrons. The molecule has 10 nitrogen and oxygen atoms in total. The van der Waals surface area contributed by atoms with E-state index in [1.807, 2.05) is 0 Å². The van der Waals surface area contributed by atoms with Crippen LogP contribution >= 0.6 is 38.9 Å². The molecule has 0 bridgehead atoms. The Balaban J connectivity index is 1.43. The third kappa shape index (κ3) is 5.52. The molecule has 13 heteroatoms. The van der Waals surface area contributed by atoms with Gasteiger partial charge in [-0.1, -0.05) is 22.9 Å². The highest BCUT2D eigenvalue weighted by Crippen LogP contribution is 2.30. The molecule has 1 aromatic heterocycles. The van der Waals surface area contributed by atoms with Gasteiger partial charge in [0.25, 0.3) is 11.8 Å². The highest BCUT2D eigenvalue weighted by molar-refractivity contribution is 9.11. The van der Waals surface area contributed by atoms with Gasteiger partial charge in [-0.3, -0.25) is 14.4 Å². The molecular weight excluding hydrogens is 552 g/mol. The van der Waals surface area contributed by atoms with E-state index >= 15 is 0 Å². The summed E-state index contributed by atoms with van der Waals surface area (Å²) in [4.78, 5) is 51.2. The summed E-state index contributed by atoms with van der Waals surface area (Å²) in [5, 5.41) is 8.50. The fourth-order valence-electron chi connectivity index (χ4n) is 3.56. The topological polar surface area (TPSA) is 126 Å². The van der Waals surface area contributed by atoms with E-state index in [-0.39, 0.29) is 48.6 Å². The second-order valence-electron chi connectivity index (χ2n) is 7.68. The van der Waals surface area contributed by atoms with Gasteiger partial charge in [-0.05, 0) is 46.3 Å². The maximum absolute atomic E-state index is 13.1. The van der Waals surface area contributed by atoms with Crippen LogP contribution in [0.4, 0.5) is 10.5 Å². The van der Waals surface area contributed by atoms with Gasteiger partial charge in [0.05, 0.1) is 27.5 Å². The van der Waals surface area contributed by atoms with Gasteiger partial charge in [-0.15, -0.1) is 0 Å². The average molecular weight is 572 g/mol. The minimum atomic E-state index is -1.33. The fourth-order valence-corrected chi connectivity index (χ4v) is 5.02. The second-order valence-corrected chi connectivity index (χ2v) is 10.5. The number of hydrogen-bond donors (Lipinski definition) is 3. The van der Waals surface area contributed by atoms with E-state index in [1.165, 1.54) is 34.4 Å². The summed E-state index contributed by atoms with van der Waals surface area (Å²) in [6.45, 7) is 0.978. The van der Waals surface area contributed by atoms with Crippen LogP contribution in [0.25, 0.3) is 0 Å². The summed E-state index contributed by atoms with van der Waals surface area (Å²) in [5.74, 6) is -1.11. The van der Waals surface area contributed by atoms with Gasteiger partial charge in [0, 0.05) is 31.8 Å². The molecule has 3 heterocycles. The number of halogens is 2. The van der Waals surface area contributed by atoms with Crippen molar-refractivity contribution in [2.75, 3.05) is 38.2 Å². The van der Waals surface area contributed by atoms with Gasteiger partial charge < -0.3 is 30.3 Å². The fraction of sp³-hybridized carbons (Fsp3) is 0.333. The zero-order valence-corrected chi connectivity index (χ0v) is 20.8. The number of thiophene rings is 1. The summed E-state index contributed by atoms with van der Waals surface area (Å²) in [5.41, 5.74) is -0.767. The maximum Gasteiger partial charge on any atom is 0.414 e. The predicted octanol–water partition coefficient (Wildman–Crippen LogP) is 2.62. The van der Waals surface area contributed by atoms with Crippen molar-refractivity contribution in [2.45, 2.75) is 12.0 Å². The molecule has 0 saturated carbocycles. The lowest BCUT2D eigenvalue weighted by Crippen LogP contribution is -2.58. The van der Waals surface area contributed by atoms with Crippen molar-refractivity contribution in [3.05, 3.63) is 44.7 Å². The first-order chi connectivity index (χ1) is 16.3. The number of amides is 4. The number of benzene rings is 1. The van der Waals surface area contributed by atoms with Crippen molar-refractivity contribution in [3.63, 3.8) is 0 Å². The lowest BCUT2D eigenvalue weighted by Gasteiger charge is -2.28. The van der Waals surface area contributed by atoms with Crippen molar-refractivity contribution in [2.24, 2.45) is 0 Å². The maximum atomic E-state index is 13.1. The second kappa shape index (κ2) is 10.3. The Morgan fingerprint density at radius 2 is 2.09 bits per heavy atom. The summed E-state index contributed by atoms with van der Waals surface area (Å²) >= 11 is 10.8. The summed E-state index contributed by atoms with van der Waals surface area (Å²) in [6, 6.07) is 7.84. The highest BCUT2D eigenvalue weighted by atomic mass is 79.9. The van der Waals surface area contributed by atoms with E-state index in [9.17, 15) is 19.2 Å². The van der Waals surface area contributed by atoms with E-state index in [2.05, 4.69) is 31.9 Å². The Bertz CT molecular complexity index is 1140. The van der Waals surface area contributed by atoms with Gasteiger partial charge in [0.2, 0.25) is 5.91 Å². The van der Waals surface area contributed by atoms with Gasteiger partial charge in [0.1, 0.15) is 5.54 Å². The number of rotatable bonds is 5. The predicted molar refractivity (Wildman–Crippen MR) is 128 cm³/mol. The van der Waals surface area contributed by atoms with Crippen LogP contribution in [0, 0.1) is 0 Å². The zero-order valence-electron chi connectivity index (χ0n) is 17.7. The number of carbonyl (C=O) groups excluding carboxylic acids is 4. The van der Waals surface area contributed by atoms with Crippen LogP contribution in [-0.4, -0.2) is 67.1 Å². The number of carbonyl (C=O) groups is 4. The van der Waals surface area contributed by atoms with E-state index in [0.29, 0.717) is 23.8 Å². The molecule has 0 radical (unpaired) electrons. The van der Waals surface area contributed by atoms with E-state index < -0.39 is 17.5 Å². The molecule has 4 amide bonds. The van der Waals surface area contributed by atoms with Crippen LogP contribution in [0.2, 0.25) is 5.02 Å². The monoisotopic (exact) mass is 570 g/mol. The number of nitrogens with zero attached hydrogens (tertiary/aromatic N) is 1. The molecule has 3 N–H and O–H groups in total. The first-order valence-corrected chi connectivity index (χ1v) is 12.2. The molecule has 2 saturated heterocycles. The van der Waals surface area contributed by atoms with Crippen molar-refractivity contribution in [3.8, 4) is 5.06 Å². The van der Waals surface area contributed by atoms with Gasteiger partial charge in [-0.25, -0.2) is 4.79 Å². The van der Waals surface area contributed by atoms with E-state index in [1.54, 1.807) is 12.1 Å². The summed E-state index contributed by atoms with van der Waals surface area (Å²) < 4.78 is 11.4. The molecule has 2 aliphatic heterocycles. The minimum Gasteiger partial charge on any atom is -0.399 e. The third-order valence-electron chi connectivity index (χ3n) is 5.32. The quantitative estimate of drug-likeness (QED) is 0.507. The number of hydrogen-bond acceptors (Lipinski definition) is 7. The summed E-state index contributed by atoms with van der Waals surface area (Å²) in [6.07, 6.45) is -0.525. The Morgan fingerprint density at radius 3 is 2.74 bits per heavy atom. The van der Waals surface area contributed by atoms with Crippen LogP contribution < -0.4 is 20.7 Å². The van der Waals surface area contributed by atoms with E-state index in [4.69, 9.17) is 21.1 Å². The first-order valence-electron chi connectivity index (χ1n) is 10.3. The smallest absolute Gasteiger partial charge is 0.399 e. The van der Waals surface area contributed by atoms with Crippen molar-refractivity contribution >= 4 is 68.4 Å². The van der Waals surface area contributed by atoms with Crippen LogP contribution in [-0.2, 0) is 14.3 Å². The summed E-state index contributed by atoms with van der Waals surface area (Å²) in [7, 11) is 0. The number of anilines is 1. The first kappa shape index (κ1) is 24.5. The van der Waals surface area contributed by atoms with Crippen LogP contribution in [0.3, 0.4) is 0 Å². The molecule has 2 fully saturated rings. The lowest BCUT2D eigenvalue weighted by atomic mass is 9.97. The van der Waals surface area contributed by atoms with Crippen LogP contribution in [0.5, 0.6) is 5.06 Å². The molecule has 1 unspecified atom stereocenters. The SMILES string of the molecule is O=C1CN(C(=O)c2ccc(NC(=O)C3(NC(=O)Oc4ccc(Br)s4)CCOC3)cc2Cl)CCN1. The average Bonchev–Trinajstić information content (AvgIpc) is 3.43. The molecule has 2 aromatic rings. The lowest BCUT2D eigenvalue weighted by molar-refractivity contribution is -0.123. The molecule has 1 aromatic carbocycles. The zero-order chi connectivity index (χ0) is 24.3. The highest BCUT2D eigenvalue weighted by Gasteiger charge is 2.44. The van der Waals surface area contributed by atoms with Crippen molar-refractivity contribution in [1.82, 2.24) is 15.5 Å². The van der Waals surface area contributed by atoms with Crippen LogP contribution in [0.1, 0.15) is 16.8 Å². The Hall–Kier alpha value is -2.67. The molecule has 4 rings (SSSR count). The van der Waals surface area contributed by atoms with Gasteiger partial charge >= 0.3 is 6.09 Å². The van der Waals surface area contributed by atoms with E-state index in [0.717, 1.165) is 3.79 Å². The normalized spacial score (nSPS) is 19.9. The largest absolute Gasteiger partial charge is 0.414 e. The molecule has 2 aliphatic rings. The van der Waals surface area contributed by atoms with Crippen molar-refractivity contribution < 1.29 is 28.7 Å². The molecule has 34 heavy (non-hydrogen) atoms. The number of ether oxygens (including phenoxy) is 2. The van der Waals surface area contributed by atoms with Gasteiger partial charge in [-0.2, -0.15) is 0 Å². The Kier molecular flexibility index (Phi) is 7.41. The minimum absolute atomic E-state index is 0.0244. The molecule has 0 spiro atoms. The molecular formula is C21H20BrClN4O6S. The molecule has 0 aliphatic carbocycles. The van der Waals surface area contributed by atoms with Crippen molar-refractivity contribution in [1.29, 1.82) is 0 Å². The number of nitrogens with one attached hydrogen (secondary N) is 3. The van der Waals surface area contributed by atoms with Gasteiger partial charge in [0.15, 0.2) is 5.06 Å². The number of piperazine rings is 1. The Labute approximate surface area is 212 Å². The van der Waals surface area contributed by atoms with Crippen LogP contribution in [0.15, 0.2) is 34.1 Å². The Morgan fingerprint density at radius 1 is 1.26 bits per heavy atom.